The quantitative estimate of drug-likeness (QED) is 0.710. The van der Waals surface area contributed by atoms with E-state index in [1.165, 1.54) is 10.2 Å². The van der Waals surface area contributed by atoms with Gasteiger partial charge in [0, 0.05) is 16.6 Å². The summed E-state index contributed by atoms with van der Waals surface area (Å²) in [7, 11) is -3.44. The van der Waals surface area contributed by atoms with Crippen molar-refractivity contribution in [3.8, 4) is 11.3 Å². The Morgan fingerprint density at radius 2 is 1.83 bits per heavy atom. The van der Waals surface area contributed by atoms with E-state index in [2.05, 4.69) is 16.9 Å². The fraction of sp³-hybridized carbons (Fsp3) is 0.333. The maximum absolute atomic E-state index is 12.4. The van der Waals surface area contributed by atoms with Crippen LogP contribution in [0.15, 0.2) is 36.4 Å². The van der Waals surface area contributed by atoms with Crippen LogP contribution in [0.4, 0.5) is 0 Å². The Morgan fingerprint density at radius 1 is 1.12 bits per heavy atom. The van der Waals surface area contributed by atoms with Crippen molar-refractivity contribution in [2.24, 2.45) is 0 Å². The van der Waals surface area contributed by atoms with Crippen molar-refractivity contribution < 1.29 is 8.42 Å². The first-order chi connectivity index (χ1) is 11.4. The molecule has 2 aromatic heterocycles. The summed E-state index contributed by atoms with van der Waals surface area (Å²) in [4.78, 5) is 9.00. The SMILES string of the molecule is CCCCc1cc2c(-c3ccccc3)nc(C)nc2n1S(C)(=O)=O. The third-order valence-corrected chi connectivity index (χ3v) is 5.04. The largest absolute Gasteiger partial charge is 0.237 e. The predicted molar refractivity (Wildman–Crippen MR) is 96.6 cm³/mol. The van der Waals surface area contributed by atoms with Gasteiger partial charge in [0.05, 0.1) is 11.9 Å². The highest BCUT2D eigenvalue weighted by Crippen LogP contribution is 2.30. The molecule has 0 saturated carbocycles. The van der Waals surface area contributed by atoms with E-state index in [9.17, 15) is 8.42 Å². The Hall–Kier alpha value is -2.21. The first-order valence-corrected chi connectivity index (χ1v) is 9.91. The summed E-state index contributed by atoms with van der Waals surface area (Å²) < 4.78 is 26.1. The molecule has 0 amide bonds. The molecule has 6 heteroatoms. The maximum atomic E-state index is 12.4. The van der Waals surface area contributed by atoms with Gasteiger partial charge in [0.25, 0.3) is 0 Å². The minimum Gasteiger partial charge on any atom is -0.232 e. The van der Waals surface area contributed by atoms with Gasteiger partial charge in [-0.3, -0.25) is 0 Å². The van der Waals surface area contributed by atoms with Crippen molar-refractivity contribution in [3.63, 3.8) is 0 Å². The molecule has 3 aromatic rings. The Bertz CT molecular complexity index is 976. The number of benzene rings is 1. The number of unbranched alkanes of at least 4 members (excludes halogenated alkanes) is 1. The molecule has 0 radical (unpaired) electrons. The highest BCUT2D eigenvalue weighted by atomic mass is 32.2. The fourth-order valence-electron chi connectivity index (χ4n) is 2.93. The van der Waals surface area contributed by atoms with E-state index in [0.717, 1.165) is 35.2 Å². The highest BCUT2D eigenvalue weighted by Gasteiger charge is 2.21. The zero-order valence-electron chi connectivity index (χ0n) is 14.2. The van der Waals surface area contributed by atoms with Crippen LogP contribution < -0.4 is 0 Å². The molecule has 0 atom stereocenters. The molecular formula is C18H21N3O2S. The normalized spacial score (nSPS) is 12.0. The summed E-state index contributed by atoms with van der Waals surface area (Å²) in [6, 6.07) is 11.7. The molecule has 3 rings (SSSR count). The zero-order valence-corrected chi connectivity index (χ0v) is 15.0. The Labute approximate surface area is 142 Å². The van der Waals surface area contributed by atoms with Crippen LogP contribution in [0.25, 0.3) is 22.3 Å². The van der Waals surface area contributed by atoms with Gasteiger partial charge in [-0.25, -0.2) is 22.4 Å². The smallest absolute Gasteiger partial charge is 0.232 e. The van der Waals surface area contributed by atoms with E-state index >= 15 is 0 Å². The van der Waals surface area contributed by atoms with Crippen molar-refractivity contribution in [3.05, 3.63) is 47.9 Å². The standard InChI is InChI=1S/C18H21N3O2S/c1-4-5-11-15-12-16-17(14-9-7-6-8-10-14)19-13(2)20-18(16)21(15)24(3,22)23/h6-10,12H,4-5,11H2,1-3H3. The number of hydrogen-bond acceptors (Lipinski definition) is 4. The van der Waals surface area contributed by atoms with Gasteiger partial charge in [0.2, 0.25) is 10.0 Å². The second-order valence-corrected chi connectivity index (χ2v) is 7.82. The van der Waals surface area contributed by atoms with Crippen LogP contribution in [0.1, 0.15) is 31.3 Å². The molecule has 5 nitrogen and oxygen atoms in total. The van der Waals surface area contributed by atoms with Gasteiger partial charge in [-0.15, -0.1) is 0 Å². The van der Waals surface area contributed by atoms with Crippen LogP contribution in [-0.4, -0.2) is 28.6 Å². The Kier molecular flexibility index (Phi) is 4.41. The molecule has 0 bridgehead atoms. The number of nitrogens with zero attached hydrogens (tertiary/aromatic N) is 3. The van der Waals surface area contributed by atoms with Gasteiger partial charge in [-0.1, -0.05) is 43.7 Å². The van der Waals surface area contributed by atoms with Gasteiger partial charge in [0.15, 0.2) is 5.65 Å². The molecular weight excluding hydrogens is 322 g/mol. The predicted octanol–water partition coefficient (Wildman–Crippen LogP) is 3.56. The van der Waals surface area contributed by atoms with Crippen LogP contribution in [0.5, 0.6) is 0 Å². The summed E-state index contributed by atoms with van der Waals surface area (Å²) >= 11 is 0. The van der Waals surface area contributed by atoms with E-state index in [4.69, 9.17) is 0 Å². The molecule has 2 heterocycles. The topological polar surface area (TPSA) is 64.8 Å². The second-order valence-electron chi connectivity index (χ2n) is 5.99. The summed E-state index contributed by atoms with van der Waals surface area (Å²) in [5.74, 6) is 0.561. The third kappa shape index (κ3) is 3.06. The average molecular weight is 343 g/mol. The molecule has 0 saturated heterocycles. The lowest BCUT2D eigenvalue weighted by Crippen LogP contribution is -2.14. The summed E-state index contributed by atoms with van der Waals surface area (Å²) in [5, 5.41) is 0.781. The van der Waals surface area contributed by atoms with E-state index < -0.39 is 10.0 Å². The van der Waals surface area contributed by atoms with E-state index in [0.29, 0.717) is 17.9 Å². The van der Waals surface area contributed by atoms with Gasteiger partial charge >= 0.3 is 0 Å². The lowest BCUT2D eigenvalue weighted by Gasteiger charge is -2.08. The Morgan fingerprint density at radius 3 is 2.46 bits per heavy atom. The summed E-state index contributed by atoms with van der Waals surface area (Å²) in [6.07, 6.45) is 3.86. The lowest BCUT2D eigenvalue weighted by molar-refractivity contribution is 0.591. The van der Waals surface area contributed by atoms with Crippen molar-refractivity contribution in [2.45, 2.75) is 33.1 Å². The molecule has 1 aromatic carbocycles. The zero-order chi connectivity index (χ0) is 17.3. The van der Waals surface area contributed by atoms with Crippen molar-refractivity contribution in [2.75, 3.05) is 6.26 Å². The highest BCUT2D eigenvalue weighted by molar-refractivity contribution is 7.89. The summed E-state index contributed by atoms with van der Waals surface area (Å²) in [5.41, 5.74) is 2.97. The first-order valence-electron chi connectivity index (χ1n) is 8.06. The van der Waals surface area contributed by atoms with Gasteiger partial charge in [-0.05, 0) is 25.8 Å². The Balaban J connectivity index is 2.35. The van der Waals surface area contributed by atoms with E-state index in [1.54, 1.807) is 6.92 Å². The molecule has 0 fully saturated rings. The fourth-order valence-corrected chi connectivity index (χ4v) is 3.96. The van der Waals surface area contributed by atoms with Gasteiger partial charge in [0.1, 0.15) is 5.82 Å². The monoisotopic (exact) mass is 343 g/mol. The van der Waals surface area contributed by atoms with Crippen molar-refractivity contribution in [1.82, 2.24) is 13.9 Å². The molecule has 0 aliphatic rings. The maximum Gasteiger partial charge on any atom is 0.237 e. The number of hydrogen-bond donors (Lipinski definition) is 0. The average Bonchev–Trinajstić information content (AvgIpc) is 2.91. The number of fused-ring (bicyclic) bond motifs is 1. The minimum absolute atomic E-state index is 0.468. The van der Waals surface area contributed by atoms with E-state index in [1.807, 2.05) is 36.4 Å². The van der Waals surface area contributed by atoms with Gasteiger partial charge in [-0.2, -0.15) is 0 Å². The number of aryl methyl sites for hydroxylation is 2. The van der Waals surface area contributed by atoms with Crippen LogP contribution in [0.3, 0.4) is 0 Å². The third-order valence-electron chi connectivity index (χ3n) is 3.97. The molecule has 24 heavy (non-hydrogen) atoms. The van der Waals surface area contributed by atoms with Crippen LogP contribution in [0.2, 0.25) is 0 Å². The minimum atomic E-state index is -3.44. The van der Waals surface area contributed by atoms with Crippen LogP contribution in [0, 0.1) is 6.92 Å². The molecule has 0 unspecified atom stereocenters. The second kappa shape index (κ2) is 6.36. The number of rotatable bonds is 5. The molecule has 0 aliphatic carbocycles. The lowest BCUT2D eigenvalue weighted by atomic mass is 10.1. The van der Waals surface area contributed by atoms with Gasteiger partial charge < -0.3 is 0 Å². The van der Waals surface area contributed by atoms with Crippen molar-refractivity contribution >= 4 is 21.1 Å². The molecule has 0 spiro atoms. The number of aromatic nitrogens is 3. The first kappa shape index (κ1) is 16.6. The van der Waals surface area contributed by atoms with Crippen LogP contribution in [-0.2, 0) is 16.4 Å². The van der Waals surface area contributed by atoms with E-state index in [-0.39, 0.29) is 0 Å². The van der Waals surface area contributed by atoms with Crippen LogP contribution >= 0.6 is 0 Å². The summed E-state index contributed by atoms with van der Waals surface area (Å²) in [6.45, 7) is 3.88. The molecule has 126 valence electrons. The molecule has 0 aliphatic heterocycles. The van der Waals surface area contributed by atoms with Crippen molar-refractivity contribution in [1.29, 1.82) is 0 Å². The molecule has 0 N–H and O–H groups in total.